The highest BCUT2D eigenvalue weighted by atomic mass is 32.2. The highest BCUT2D eigenvalue weighted by Crippen LogP contribution is 2.31. The summed E-state index contributed by atoms with van der Waals surface area (Å²) in [5.74, 6) is -1.29. The van der Waals surface area contributed by atoms with Gasteiger partial charge in [-0.05, 0) is 67.3 Å². The Kier molecular flexibility index (Phi) is 5.42. The molecule has 1 amide bonds. The van der Waals surface area contributed by atoms with E-state index >= 15 is 0 Å². The number of carbonyl (C=O) groups excluding carboxylic acids is 1. The van der Waals surface area contributed by atoms with E-state index in [1.165, 1.54) is 11.0 Å². The van der Waals surface area contributed by atoms with E-state index in [4.69, 9.17) is 5.11 Å². The number of fused-ring (bicyclic) bond motifs is 1. The van der Waals surface area contributed by atoms with Crippen molar-refractivity contribution in [3.8, 4) is 0 Å². The zero-order valence-electron chi connectivity index (χ0n) is 15.7. The molecule has 2 aromatic rings. The minimum absolute atomic E-state index is 0.0802. The van der Waals surface area contributed by atoms with Crippen molar-refractivity contribution in [3.05, 3.63) is 53.1 Å². The summed E-state index contributed by atoms with van der Waals surface area (Å²) in [6, 6.07) is 10.00. The molecule has 3 rings (SSSR count). The smallest absolute Gasteiger partial charge is 0.303 e. The second-order valence-corrected chi connectivity index (χ2v) is 8.57. The van der Waals surface area contributed by atoms with Crippen LogP contribution in [0.25, 0.3) is 0 Å². The van der Waals surface area contributed by atoms with Crippen molar-refractivity contribution >= 4 is 33.3 Å². The number of carbonyl (C=O) groups is 2. The Balaban J connectivity index is 1.80. The highest BCUT2D eigenvalue weighted by molar-refractivity contribution is 7.92. The molecule has 0 spiro atoms. The number of nitrogens with one attached hydrogen (secondary N) is 1. The Morgan fingerprint density at radius 2 is 1.82 bits per heavy atom. The summed E-state index contributed by atoms with van der Waals surface area (Å²) in [7, 11) is -3.75. The summed E-state index contributed by atoms with van der Waals surface area (Å²) < 4.78 is 28.1. The van der Waals surface area contributed by atoms with Crippen molar-refractivity contribution in [3.63, 3.8) is 0 Å². The van der Waals surface area contributed by atoms with Crippen molar-refractivity contribution in [1.82, 2.24) is 0 Å². The average Bonchev–Trinajstić information content (AvgIpc) is 3.06. The van der Waals surface area contributed by atoms with Gasteiger partial charge >= 0.3 is 5.97 Å². The molecule has 1 heterocycles. The summed E-state index contributed by atoms with van der Waals surface area (Å²) in [5.41, 5.74) is 3.96. The van der Waals surface area contributed by atoms with Crippen LogP contribution in [0.2, 0.25) is 0 Å². The first-order valence-corrected chi connectivity index (χ1v) is 10.4. The third-order valence-corrected chi connectivity index (χ3v) is 6.25. The van der Waals surface area contributed by atoms with Crippen molar-refractivity contribution in [2.75, 3.05) is 16.2 Å². The van der Waals surface area contributed by atoms with Gasteiger partial charge in [-0.2, -0.15) is 0 Å². The molecule has 0 bridgehead atoms. The molecular weight excluding hydrogens is 380 g/mol. The van der Waals surface area contributed by atoms with E-state index in [1.807, 2.05) is 19.9 Å². The number of rotatable bonds is 6. The second-order valence-electron chi connectivity index (χ2n) is 6.88. The number of nitrogens with zero attached hydrogens (tertiary/aromatic N) is 1. The molecule has 0 saturated heterocycles. The largest absolute Gasteiger partial charge is 0.481 e. The number of sulfonamides is 1. The van der Waals surface area contributed by atoms with Crippen LogP contribution in [0.15, 0.2) is 41.3 Å². The number of carboxylic acid groups (broad SMARTS) is 1. The Labute approximate surface area is 164 Å². The summed E-state index contributed by atoms with van der Waals surface area (Å²) in [5, 5.41) is 8.74. The van der Waals surface area contributed by atoms with Gasteiger partial charge in [-0.25, -0.2) is 8.42 Å². The number of amides is 1. The van der Waals surface area contributed by atoms with Gasteiger partial charge in [0, 0.05) is 24.3 Å². The fourth-order valence-corrected chi connectivity index (χ4v) is 4.27. The molecule has 0 aromatic heterocycles. The Hall–Kier alpha value is -2.87. The molecular formula is C20H22N2O5S. The van der Waals surface area contributed by atoms with Gasteiger partial charge in [0.1, 0.15) is 0 Å². The lowest BCUT2D eigenvalue weighted by atomic mass is 10.1. The number of carboxylic acids is 1. The molecule has 28 heavy (non-hydrogen) atoms. The zero-order valence-corrected chi connectivity index (χ0v) is 16.5. The topological polar surface area (TPSA) is 104 Å². The summed E-state index contributed by atoms with van der Waals surface area (Å²) in [4.78, 5) is 24.5. The van der Waals surface area contributed by atoms with Crippen molar-refractivity contribution < 1.29 is 23.1 Å². The van der Waals surface area contributed by atoms with Crippen LogP contribution >= 0.6 is 0 Å². The van der Waals surface area contributed by atoms with Crippen LogP contribution in [0.4, 0.5) is 11.4 Å². The van der Waals surface area contributed by atoms with Gasteiger partial charge < -0.3 is 10.0 Å². The van der Waals surface area contributed by atoms with Gasteiger partial charge in [-0.1, -0.05) is 6.07 Å². The summed E-state index contributed by atoms with van der Waals surface area (Å²) in [6.45, 7) is 4.29. The number of hydrogen-bond donors (Lipinski definition) is 2. The van der Waals surface area contributed by atoms with Crippen LogP contribution in [0.3, 0.4) is 0 Å². The van der Waals surface area contributed by atoms with Crippen LogP contribution < -0.4 is 9.62 Å². The fraction of sp³-hybridized carbons (Fsp3) is 0.300. The maximum atomic E-state index is 12.7. The Morgan fingerprint density at radius 1 is 1.07 bits per heavy atom. The Morgan fingerprint density at radius 3 is 2.50 bits per heavy atom. The lowest BCUT2D eigenvalue weighted by Crippen LogP contribution is -2.29. The van der Waals surface area contributed by atoms with E-state index in [-0.39, 0.29) is 23.6 Å². The number of hydrogen-bond acceptors (Lipinski definition) is 4. The molecule has 0 aliphatic carbocycles. The first-order chi connectivity index (χ1) is 13.2. The van der Waals surface area contributed by atoms with E-state index in [0.29, 0.717) is 24.3 Å². The van der Waals surface area contributed by atoms with Crippen LogP contribution in [-0.2, 0) is 26.0 Å². The van der Waals surface area contributed by atoms with E-state index in [0.717, 1.165) is 16.7 Å². The number of aryl methyl sites for hydroxylation is 2. The molecule has 0 fully saturated rings. The van der Waals surface area contributed by atoms with Crippen LogP contribution in [0.1, 0.15) is 29.5 Å². The molecule has 7 nitrogen and oxygen atoms in total. The van der Waals surface area contributed by atoms with Crippen LogP contribution in [0, 0.1) is 13.8 Å². The molecule has 148 valence electrons. The van der Waals surface area contributed by atoms with E-state index in [2.05, 4.69) is 4.72 Å². The maximum Gasteiger partial charge on any atom is 0.303 e. The van der Waals surface area contributed by atoms with Gasteiger partial charge in [0.2, 0.25) is 5.91 Å². The fourth-order valence-electron chi connectivity index (χ4n) is 3.17. The lowest BCUT2D eigenvalue weighted by Gasteiger charge is -2.17. The molecule has 0 radical (unpaired) electrons. The molecule has 1 aliphatic rings. The number of anilines is 2. The molecule has 8 heteroatoms. The quantitative estimate of drug-likeness (QED) is 0.773. The molecule has 2 aromatic carbocycles. The van der Waals surface area contributed by atoms with Crippen molar-refractivity contribution in [1.29, 1.82) is 0 Å². The zero-order chi connectivity index (χ0) is 20.5. The van der Waals surface area contributed by atoms with E-state index < -0.39 is 16.0 Å². The van der Waals surface area contributed by atoms with Gasteiger partial charge in [0.25, 0.3) is 10.0 Å². The van der Waals surface area contributed by atoms with Crippen molar-refractivity contribution in [2.45, 2.75) is 38.0 Å². The summed E-state index contributed by atoms with van der Waals surface area (Å²) in [6.07, 6.45) is 0.224. The minimum atomic E-state index is -3.75. The van der Waals surface area contributed by atoms with Gasteiger partial charge in [0.15, 0.2) is 0 Å². The lowest BCUT2D eigenvalue weighted by molar-refractivity contribution is -0.138. The monoisotopic (exact) mass is 402 g/mol. The average molecular weight is 402 g/mol. The minimum Gasteiger partial charge on any atom is -0.481 e. The first-order valence-electron chi connectivity index (χ1n) is 8.92. The normalized spacial score (nSPS) is 13.3. The standard InChI is InChI=1S/C20H22N2O5S/c1-13-3-4-16(11-14(13)2)21-28(26,27)17-5-6-18-15(12-17)9-10-22(18)19(23)7-8-20(24)25/h3-6,11-12,21H,7-10H2,1-2H3,(H,24,25). The third-order valence-electron chi connectivity index (χ3n) is 4.87. The molecule has 2 N–H and O–H groups in total. The van der Waals surface area contributed by atoms with Crippen molar-refractivity contribution in [2.24, 2.45) is 0 Å². The van der Waals surface area contributed by atoms with Crippen LogP contribution in [-0.4, -0.2) is 31.9 Å². The molecule has 0 saturated carbocycles. The SMILES string of the molecule is Cc1ccc(NS(=O)(=O)c2ccc3c(c2)CCN3C(=O)CCC(=O)O)cc1C. The Bertz CT molecular complexity index is 1050. The number of aliphatic carboxylic acids is 1. The van der Waals surface area contributed by atoms with Crippen LogP contribution in [0.5, 0.6) is 0 Å². The maximum absolute atomic E-state index is 12.7. The first kappa shape index (κ1) is 19.9. The number of benzene rings is 2. The highest BCUT2D eigenvalue weighted by Gasteiger charge is 2.27. The summed E-state index contributed by atoms with van der Waals surface area (Å²) >= 11 is 0. The van der Waals surface area contributed by atoms with Gasteiger partial charge in [-0.15, -0.1) is 0 Å². The molecule has 0 atom stereocenters. The second kappa shape index (κ2) is 7.63. The predicted molar refractivity (Wildman–Crippen MR) is 106 cm³/mol. The predicted octanol–water partition coefficient (Wildman–Crippen LogP) is 2.86. The van der Waals surface area contributed by atoms with Gasteiger partial charge in [-0.3, -0.25) is 14.3 Å². The van der Waals surface area contributed by atoms with E-state index in [1.54, 1.807) is 24.3 Å². The molecule has 0 unspecified atom stereocenters. The van der Waals surface area contributed by atoms with Gasteiger partial charge in [0.05, 0.1) is 11.3 Å². The third kappa shape index (κ3) is 4.17. The van der Waals surface area contributed by atoms with E-state index in [9.17, 15) is 18.0 Å². The molecule has 1 aliphatic heterocycles.